The van der Waals surface area contributed by atoms with Crippen molar-refractivity contribution in [1.82, 2.24) is 15.2 Å². The Kier molecular flexibility index (Phi) is 3.31. The molecule has 3 rings (SSSR count). The number of nitrogens with two attached hydrogens (primary N) is 1. The minimum Gasteiger partial charge on any atom is -0.325 e. The van der Waals surface area contributed by atoms with Crippen molar-refractivity contribution in [1.29, 1.82) is 0 Å². The number of H-pyrrole nitrogens is 1. The number of aromatic nitrogens is 3. The Bertz CT molecular complexity index is 716. The fourth-order valence-electron chi connectivity index (χ4n) is 2.36. The maximum Gasteiger partial charge on any atom is 0.100 e. The predicted molar refractivity (Wildman–Crippen MR) is 79.9 cm³/mol. The van der Waals surface area contributed by atoms with Crippen LogP contribution in [0.15, 0.2) is 48.8 Å². The van der Waals surface area contributed by atoms with Crippen molar-refractivity contribution >= 4 is 0 Å². The maximum absolute atomic E-state index is 5.82. The van der Waals surface area contributed by atoms with E-state index in [-0.39, 0.29) is 0 Å². The van der Waals surface area contributed by atoms with Crippen LogP contribution in [0.1, 0.15) is 11.3 Å². The number of hydrogen-bond donors (Lipinski definition) is 2. The van der Waals surface area contributed by atoms with Gasteiger partial charge in [0.2, 0.25) is 0 Å². The van der Waals surface area contributed by atoms with E-state index < -0.39 is 0 Å². The molecular weight excluding hydrogens is 248 g/mol. The number of hydrogen-bond acceptors (Lipinski definition) is 3. The van der Waals surface area contributed by atoms with Crippen LogP contribution in [0.3, 0.4) is 0 Å². The van der Waals surface area contributed by atoms with E-state index in [0.717, 1.165) is 28.1 Å². The highest BCUT2D eigenvalue weighted by Gasteiger charge is 2.15. The second-order valence-electron chi connectivity index (χ2n) is 4.74. The van der Waals surface area contributed by atoms with Crippen LogP contribution in [0, 0.1) is 6.92 Å². The Balaban J connectivity index is 2.20. The van der Waals surface area contributed by atoms with Gasteiger partial charge in [-0.2, -0.15) is 5.10 Å². The molecule has 0 atom stereocenters. The lowest BCUT2D eigenvalue weighted by atomic mass is 9.99. The number of pyridine rings is 1. The third-order valence-electron chi connectivity index (χ3n) is 3.31. The quantitative estimate of drug-likeness (QED) is 0.764. The lowest BCUT2D eigenvalue weighted by Crippen LogP contribution is -1.98. The van der Waals surface area contributed by atoms with E-state index in [1.807, 2.05) is 18.2 Å². The second-order valence-corrected chi connectivity index (χ2v) is 4.74. The smallest absolute Gasteiger partial charge is 0.100 e. The van der Waals surface area contributed by atoms with Crippen molar-refractivity contribution in [3.63, 3.8) is 0 Å². The highest BCUT2D eigenvalue weighted by atomic mass is 15.1. The molecule has 100 valence electrons. The third-order valence-corrected chi connectivity index (χ3v) is 3.31. The topological polar surface area (TPSA) is 67.6 Å². The summed E-state index contributed by atoms with van der Waals surface area (Å²) < 4.78 is 0. The van der Waals surface area contributed by atoms with Crippen LogP contribution in [-0.2, 0) is 6.54 Å². The zero-order valence-corrected chi connectivity index (χ0v) is 11.3. The summed E-state index contributed by atoms with van der Waals surface area (Å²) in [4.78, 5) is 4.07. The molecule has 0 bridgehead atoms. The molecule has 4 heteroatoms. The summed E-state index contributed by atoms with van der Waals surface area (Å²) >= 11 is 0. The third kappa shape index (κ3) is 2.21. The number of nitrogens with zero attached hydrogens (tertiary/aromatic N) is 2. The monoisotopic (exact) mass is 264 g/mol. The van der Waals surface area contributed by atoms with Crippen molar-refractivity contribution in [3.05, 3.63) is 60.0 Å². The Morgan fingerprint density at radius 1 is 1.10 bits per heavy atom. The molecule has 0 radical (unpaired) electrons. The van der Waals surface area contributed by atoms with Crippen LogP contribution in [0.2, 0.25) is 0 Å². The van der Waals surface area contributed by atoms with Crippen LogP contribution in [0.4, 0.5) is 0 Å². The lowest BCUT2D eigenvalue weighted by Gasteiger charge is -2.06. The molecule has 4 nitrogen and oxygen atoms in total. The molecule has 0 fully saturated rings. The first kappa shape index (κ1) is 12.6. The van der Waals surface area contributed by atoms with Gasteiger partial charge < -0.3 is 5.73 Å². The molecule has 2 aromatic heterocycles. The first-order valence-electron chi connectivity index (χ1n) is 6.54. The Hall–Kier alpha value is -2.46. The van der Waals surface area contributed by atoms with Crippen molar-refractivity contribution in [2.75, 3.05) is 0 Å². The van der Waals surface area contributed by atoms with Crippen molar-refractivity contribution < 1.29 is 0 Å². The normalized spacial score (nSPS) is 10.7. The van der Waals surface area contributed by atoms with Gasteiger partial charge in [-0.15, -0.1) is 0 Å². The van der Waals surface area contributed by atoms with Crippen molar-refractivity contribution in [2.24, 2.45) is 5.73 Å². The molecule has 0 aliphatic carbocycles. The van der Waals surface area contributed by atoms with Crippen LogP contribution < -0.4 is 5.73 Å². The van der Waals surface area contributed by atoms with Gasteiger partial charge in [-0.05, 0) is 30.7 Å². The van der Waals surface area contributed by atoms with Gasteiger partial charge in [0, 0.05) is 30.1 Å². The second kappa shape index (κ2) is 5.27. The highest BCUT2D eigenvalue weighted by Crippen LogP contribution is 2.33. The van der Waals surface area contributed by atoms with Gasteiger partial charge in [0.05, 0.1) is 5.69 Å². The number of aryl methyl sites for hydroxylation is 1. The Morgan fingerprint density at radius 3 is 2.60 bits per heavy atom. The molecule has 3 N–H and O–H groups in total. The van der Waals surface area contributed by atoms with E-state index in [1.54, 1.807) is 12.4 Å². The summed E-state index contributed by atoms with van der Waals surface area (Å²) in [5.41, 5.74) is 12.1. The zero-order valence-electron chi connectivity index (χ0n) is 11.3. The number of benzene rings is 1. The van der Waals surface area contributed by atoms with E-state index in [1.165, 1.54) is 5.56 Å². The predicted octanol–water partition coefficient (Wildman–Crippen LogP) is 2.91. The summed E-state index contributed by atoms with van der Waals surface area (Å²) in [5, 5.41) is 7.49. The molecule has 0 aliphatic rings. The zero-order chi connectivity index (χ0) is 13.9. The molecule has 20 heavy (non-hydrogen) atoms. The van der Waals surface area contributed by atoms with Crippen LogP contribution in [-0.4, -0.2) is 15.2 Å². The molecule has 0 amide bonds. The summed E-state index contributed by atoms with van der Waals surface area (Å²) in [6.07, 6.45) is 3.56. The van der Waals surface area contributed by atoms with E-state index in [0.29, 0.717) is 6.54 Å². The molecule has 3 aromatic rings. The van der Waals surface area contributed by atoms with E-state index in [4.69, 9.17) is 5.73 Å². The first-order valence-corrected chi connectivity index (χ1v) is 6.54. The maximum atomic E-state index is 5.82. The van der Waals surface area contributed by atoms with Crippen LogP contribution in [0.25, 0.3) is 22.4 Å². The molecule has 0 unspecified atom stereocenters. The van der Waals surface area contributed by atoms with Gasteiger partial charge in [-0.1, -0.05) is 23.8 Å². The van der Waals surface area contributed by atoms with Gasteiger partial charge in [0.15, 0.2) is 0 Å². The minimum atomic E-state index is 0.427. The summed E-state index contributed by atoms with van der Waals surface area (Å²) in [5.74, 6) is 0. The van der Waals surface area contributed by atoms with E-state index >= 15 is 0 Å². The average molecular weight is 264 g/mol. The summed E-state index contributed by atoms with van der Waals surface area (Å²) in [7, 11) is 0. The first-order chi connectivity index (χ1) is 9.79. The number of nitrogens with one attached hydrogen (secondary N) is 1. The van der Waals surface area contributed by atoms with Gasteiger partial charge in [0.25, 0.3) is 0 Å². The molecule has 1 aromatic carbocycles. The molecule has 0 saturated heterocycles. The fourth-order valence-corrected chi connectivity index (χ4v) is 2.36. The van der Waals surface area contributed by atoms with E-state index in [9.17, 15) is 0 Å². The van der Waals surface area contributed by atoms with Crippen LogP contribution >= 0.6 is 0 Å². The summed E-state index contributed by atoms with van der Waals surface area (Å²) in [6, 6.07) is 12.3. The molecule has 2 heterocycles. The van der Waals surface area contributed by atoms with E-state index in [2.05, 4.69) is 40.3 Å². The SMILES string of the molecule is Cc1cccc(-c2n[nH]c(CN)c2-c2ccncc2)c1. The molecular formula is C16H16N4. The molecule has 0 aliphatic heterocycles. The van der Waals surface area contributed by atoms with Gasteiger partial charge in [0.1, 0.15) is 5.69 Å². The number of rotatable bonds is 3. The standard InChI is InChI=1S/C16H16N4/c1-11-3-2-4-13(9-11)16-15(14(10-17)19-20-16)12-5-7-18-8-6-12/h2-9H,10,17H2,1H3,(H,19,20). The highest BCUT2D eigenvalue weighted by molar-refractivity contribution is 5.82. The summed E-state index contributed by atoms with van der Waals surface area (Å²) in [6.45, 7) is 2.50. The Morgan fingerprint density at radius 2 is 1.90 bits per heavy atom. The van der Waals surface area contributed by atoms with Crippen molar-refractivity contribution in [2.45, 2.75) is 13.5 Å². The number of aromatic amines is 1. The average Bonchev–Trinajstić information content (AvgIpc) is 2.92. The fraction of sp³-hybridized carbons (Fsp3) is 0.125. The molecule has 0 saturated carbocycles. The Labute approximate surface area is 117 Å². The van der Waals surface area contributed by atoms with Crippen LogP contribution in [0.5, 0.6) is 0 Å². The van der Waals surface area contributed by atoms with Gasteiger partial charge in [-0.25, -0.2) is 0 Å². The lowest BCUT2D eigenvalue weighted by molar-refractivity contribution is 0.949. The largest absolute Gasteiger partial charge is 0.325 e. The van der Waals surface area contributed by atoms with Gasteiger partial charge in [-0.3, -0.25) is 10.1 Å². The minimum absolute atomic E-state index is 0.427. The van der Waals surface area contributed by atoms with Gasteiger partial charge >= 0.3 is 0 Å². The molecule has 0 spiro atoms. The van der Waals surface area contributed by atoms with Crippen molar-refractivity contribution in [3.8, 4) is 22.4 Å².